The van der Waals surface area contributed by atoms with E-state index in [0.29, 0.717) is 5.84 Å². The fourth-order valence-electron chi connectivity index (χ4n) is 10.1. The number of nitrogens with zero attached hydrogens (tertiary/aromatic N) is 4. The topological polar surface area (TPSA) is 32.9 Å². The number of benzene rings is 8. The molecule has 69 heavy (non-hydrogen) atoms. The first-order valence-corrected chi connectivity index (χ1v) is 24.0. The summed E-state index contributed by atoms with van der Waals surface area (Å²) in [5.41, 5.74) is 16.4. The van der Waals surface area contributed by atoms with Crippen LogP contribution < -0.4 is 4.90 Å². The maximum Gasteiger partial charge on any atom is 0.158 e. The van der Waals surface area contributed by atoms with Crippen molar-refractivity contribution < 1.29 is 0 Å². The van der Waals surface area contributed by atoms with Crippen molar-refractivity contribution in [2.45, 2.75) is 46.5 Å². The third-order valence-electron chi connectivity index (χ3n) is 12.7. The van der Waals surface area contributed by atoms with E-state index in [0.717, 1.165) is 50.5 Å². The zero-order valence-electron chi connectivity index (χ0n) is 40.2. The van der Waals surface area contributed by atoms with Crippen molar-refractivity contribution in [2.24, 2.45) is 9.98 Å². The standard InChI is InChI=1S/C62H50N4.C3H8/c1-5-9-26-46(23-6-2)62(47-27-15-11-16-28-47)57-33-21-19-31-52(57)53-40-39-50(43-58(53)62)65(49-37-35-45(36-38-49)61(63-7-3)64-8-4)51-41-55(44-24-13-10-14-25-44)60-56(42-51)54-32-20-22-34-59(54)66(60)48-29-17-12-18-30-48;1-3-2/h5-43H,3H2,1-2,4H3;3H2,1-2H3/b9-5-,23-6-,46-26+,63-61?,64-8?;. The molecule has 1 heterocycles. The zero-order valence-corrected chi connectivity index (χ0v) is 40.2. The summed E-state index contributed by atoms with van der Waals surface area (Å²) in [7, 11) is 0. The number of amidine groups is 1. The molecule has 0 amide bonds. The Morgan fingerprint density at radius 3 is 1.93 bits per heavy atom. The van der Waals surface area contributed by atoms with Crippen LogP contribution in [0.25, 0.3) is 49.7 Å². The van der Waals surface area contributed by atoms with Gasteiger partial charge < -0.3 is 9.47 Å². The Balaban J connectivity index is 0.00000193. The number of allylic oxidation sites excluding steroid dienone is 6. The van der Waals surface area contributed by atoms with E-state index in [-0.39, 0.29) is 0 Å². The molecule has 0 saturated heterocycles. The summed E-state index contributed by atoms with van der Waals surface area (Å²) in [5, 5.41) is 2.35. The molecule has 1 aromatic heterocycles. The third kappa shape index (κ3) is 8.40. The fourth-order valence-corrected chi connectivity index (χ4v) is 10.1. The molecule has 0 saturated carbocycles. The molecule has 4 heteroatoms. The van der Waals surface area contributed by atoms with Gasteiger partial charge in [-0.05, 0) is 126 Å². The van der Waals surface area contributed by atoms with Gasteiger partial charge in [0.25, 0.3) is 0 Å². The highest BCUT2D eigenvalue weighted by Gasteiger charge is 2.47. The monoisotopic (exact) mass is 894 g/mol. The summed E-state index contributed by atoms with van der Waals surface area (Å²) in [6.07, 6.45) is 15.6. The molecule has 0 fully saturated rings. The maximum atomic E-state index is 4.59. The van der Waals surface area contributed by atoms with Crippen LogP contribution in [0.2, 0.25) is 0 Å². The number of aromatic nitrogens is 1. The molecular formula is C65H58N4. The van der Waals surface area contributed by atoms with Gasteiger partial charge in [-0.15, -0.1) is 0 Å². The minimum atomic E-state index is -0.610. The summed E-state index contributed by atoms with van der Waals surface area (Å²) in [4.78, 5) is 11.5. The van der Waals surface area contributed by atoms with Gasteiger partial charge in [-0.1, -0.05) is 185 Å². The van der Waals surface area contributed by atoms with Crippen molar-refractivity contribution in [1.82, 2.24) is 4.57 Å². The summed E-state index contributed by atoms with van der Waals surface area (Å²) in [6.45, 7) is 14.2. The Bertz CT molecular complexity index is 3410. The van der Waals surface area contributed by atoms with E-state index in [4.69, 9.17) is 0 Å². The van der Waals surface area contributed by atoms with Gasteiger partial charge in [0.15, 0.2) is 5.84 Å². The van der Waals surface area contributed by atoms with Gasteiger partial charge in [0.1, 0.15) is 0 Å². The number of fused-ring (bicyclic) bond motifs is 6. The van der Waals surface area contributed by atoms with Crippen molar-refractivity contribution in [3.05, 3.63) is 265 Å². The van der Waals surface area contributed by atoms with Crippen LogP contribution in [0.5, 0.6) is 0 Å². The van der Waals surface area contributed by atoms with Crippen LogP contribution in [0.1, 0.15) is 63.3 Å². The molecule has 10 rings (SSSR count). The van der Waals surface area contributed by atoms with E-state index in [1.165, 1.54) is 50.6 Å². The normalized spacial score (nSPS) is 14.6. The van der Waals surface area contributed by atoms with Crippen LogP contribution >= 0.6 is 0 Å². The quantitative estimate of drug-likeness (QED) is 0.0723. The van der Waals surface area contributed by atoms with Gasteiger partial charge in [-0.2, -0.15) is 0 Å². The minimum Gasteiger partial charge on any atom is -0.310 e. The molecule has 0 bridgehead atoms. The molecule has 4 nitrogen and oxygen atoms in total. The predicted octanol–water partition coefficient (Wildman–Crippen LogP) is 17.7. The number of aliphatic imine (C=N–C) groups is 2. The molecule has 1 unspecified atom stereocenters. The Hall–Kier alpha value is -8.34. The lowest BCUT2D eigenvalue weighted by Gasteiger charge is -2.35. The van der Waals surface area contributed by atoms with E-state index in [1.54, 1.807) is 12.4 Å². The Morgan fingerprint density at radius 2 is 1.23 bits per heavy atom. The van der Waals surface area contributed by atoms with E-state index in [2.05, 4.69) is 278 Å². The number of hydrogen-bond donors (Lipinski definition) is 0. The number of hydrogen-bond acceptors (Lipinski definition) is 2. The lowest BCUT2D eigenvalue weighted by Crippen LogP contribution is -2.29. The largest absolute Gasteiger partial charge is 0.310 e. The van der Waals surface area contributed by atoms with Crippen LogP contribution in [0, 0.1) is 0 Å². The molecule has 338 valence electrons. The first kappa shape index (κ1) is 45.8. The Labute approximate surface area is 408 Å². The van der Waals surface area contributed by atoms with Crippen molar-refractivity contribution in [1.29, 1.82) is 0 Å². The second-order valence-electron chi connectivity index (χ2n) is 17.1. The summed E-state index contributed by atoms with van der Waals surface area (Å²) < 4.78 is 2.42. The van der Waals surface area contributed by atoms with Crippen molar-refractivity contribution in [3.63, 3.8) is 0 Å². The second-order valence-corrected chi connectivity index (χ2v) is 17.1. The maximum absolute atomic E-state index is 4.59. The predicted molar refractivity (Wildman–Crippen MR) is 297 cm³/mol. The summed E-state index contributed by atoms with van der Waals surface area (Å²) in [6, 6.07) is 70.6. The first-order chi connectivity index (χ1) is 34.0. The van der Waals surface area contributed by atoms with Gasteiger partial charge in [-0.3, -0.25) is 0 Å². The summed E-state index contributed by atoms with van der Waals surface area (Å²) in [5.74, 6) is 0.611. The fraction of sp³-hybridized carbons (Fsp3) is 0.108. The van der Waals surface area contributed by atoms with Crippen LogP contribution in [-0.2, 0) is 5.41 Å². The Morgan fingerprint density at radius 1 is 0.594 bits per heavy atom. The molecule has 9 aromatic rings. The first-order valence-electron chi connectivity index (χ1n) is 24.0. The number of anilines is 3. The van der Waals surface area contributed by atoms with Crippen molar-refractivity contribution in [3.8, 4) is 27.9 Å². The van der Waals surface area contributed by atoms with Crippen LogP contribution in [0.3, 0.4) is 0 Å². The van der Waals surface area contributed by atoms with Crippen molar-refractivity contribution >= 4 is 50.9 Å². The van der Waals surface area contributed by atoms with Gasteiger partial charge in [0.2, 0.25) is 0 Å². The zero-order chi connectivity index (χ0) is 47.7. The van der Waals surface area contributed by atoms with Gasteiger partial charge in [0, 0.05) is 57.1 Å². The Kier molecular flexibility index (Phi) is 13.7. The highest BCUT2D eigenvalue weighted by Crippen LogP contribution is 2.58. The highest BCUT2D eigenvalue weighted by molar-refractivity contribution is 6.15. The molecular weight excluding hydrogens is 837 g/mol. The molecule has 0 radical (unpaired) electrons. The molecule has 0 aliphatic heterocycles. The van der Waals surface area contributed by atoms with Crippen LogP contribution in [-0.4, -0.2) is 16.6 Å². The third-order valence-corrected chi connectivity index (χ3v) is 12.7. The molecule has 0 spiro atoms. The van der Waals surface area contributed by atoms with E-state index >= 15 is 0 Å². The van der Waals surface area contributed by atoms with Gasteiger partial charge >= 0.3 is 0 Å². The molecule has 0 N–H and O–H groups in total. The second kappa shape index (κ2) is 20.7. The molecule has 1 aliphatic carbocycles. The van der Waals surface area contributed by atoms with Gasteiger partial charge in [-0.25, -0.2) is 9.98 Å². The molecule has 1 atom stereocenters. The van der Waals surface area contributed by atoms with E-state index in [9.17, 15) is 0 Å². The lowest BCUT2D eigenvalue weighted by atomic mass is 9.67. The lowest BCUT2D eigenvalue weighted by molar-refractivity contribution is 0.766. The average Bonchev–Trinajstić information content (AvgIpc) is 3.89. The van der Waals surface area contributed by atoms with Crippen LogP contribution in [0.15, 0.2) is 253 Å². The molecule has 8 aromatic carbocycles. The van der Waals surface area contributed by atoms with Crippen molar-refractivity contribution in [2.75, 3.05) is 4.90 Å². The minimum absolute atomic E-state index is 0.610. The average molecular weight is 895 g/mol. The van der Waals surface area contributed by atoms with E-state index < -0.39 is 5.41 Å². The SMILES string of the molecule is C=CN=C(N=CC)c1ccc(N(c2ccc3c(c2)C(C(/C=C\C)=C/C=C\C)(c2ccccc2)c2ccccc2-3)c2cc(-c3ccccc3)c3c(c2)c2ccccc2n3-c2ccccc2)cc1.CCC. The van der Waals surface area contributed by atoms with E-state index in [1.807, 2.05) is 6.92 Å². The highest BCUT2D eigenvalue weighted by atomic mass is 15.1. The smallest absolute Gasteiger partial charge is 0.158 e. The molecule has 1 aliphatic rings. The summed E-state index contributed by atoms with van der Waals surface area (Å²) >= 11 is 0. The van der Waals surface area contributed by atoms with Gasteiger partial charge in [0.05, 0.1) is 16.4 Å². The number of para-hydroxylation sites is 2. The van der Waals surface area contributed by atoms with Crippen LogP contribution in [0.4, 0.5) is 17.1 Å². The number of rotatable bonds is 11.